The largest absolute Gasteiger partial charge is 0.507 e. The van der Waals surface area contributed by atoms with Crippen molar-refractivity contribution in [3.8, 4) is 17.1 Å². The fourth-order valence-electron chi connectivity index (χ4n) is 3.01. The third-order valence-corrected chi connectivity index (χ3v) is 5.64. The minimum Gasteiger partial charge on any atom is -0.507 e. The second-order valence-corrected chi connectivity index (χ2v) is 8.61. The van der Waals surface area contributed by atoms with E-state index in [-0.39, 0.29) is 18.1 Å². The number of nitrogens with zero attached hydrogens (tertiary/aromatic N) is 3. The summed E-state index contributed by atoms with van der Waals surface area (Å²) in [6.45, 7) is 0.00439. The molecular weight excluding hydrogens is 522 g/mol. The van der Waals surface area contributed by atoms with Gasteiger partial charge in [-0.25, -0.2) is 9.67 Å². The molecule has 0 aliphatic rings. The zero-order chi connectivity index (χ0) is 21.8. The second-order valence-electron chi connectivity index (χ2n) is 6.78. The van der Waals surface area contributed by atoms with E-state index in [2.05, 4.69) is 41.9 Å². The van der Waals surface area contributed by atoms with Gasteiger partial charge in [0.1, 0.15) is 12.3 Å². The molecule has 1 heterocycles. The molecule has 0 saturated heterocycles. The fraction of sp³-hybridized carbons (Fsp3) is 0.0417. The van der Waals surface area contributed by atoms with E-state index in [0.29, 0.717) is 22.8 Å². The standard InChI is InChI=1S/C24H17Br2N3O2/c25-18-10-5-16(6-11-18)7-14-23-27-24(20-3-1-2-4-21(20)30)29(28-23)15-22(31)17-8-12-19(26)13-9-17/h1-14,30H,15H2/b14-7+. The molecule has 0 spiro atoms. The normalized spacial score (nSPS) is 11.2. The average Bonchev–Trinajstić information content (AvgIpc) is 3.16. The number of para-hydroxylation sites is 1. The van der Waals surface area contributed by atoms with Crippen LogP contribution in [0.25, 0.3) is 23.5 Å². The Hall–Kier alpha value is -3.03. The number of ketones is 1. The van der Waals surface area contributed by atoms with Crippen molar-refractivity contribution in [3.05, 3.63) is 98.7 Å². The summed E-state index contributed by atoms with van der Waals surface area (Å²) in [5.74, 6) is 0.858. The van der Waals surface area contributed by atoms with E-state index < -0.39 is 0 Å². The van der Waals surface area contributed by atoms with Gasteiger partial charge in [-0.1, -0.05) is 74.3 Å². The highest BCUT2D eigenvalue weighted by Crippen LogP contribution is 2.28. The highest BCUT2D eigenvalue weighted by atomic mass is 79.9. The molecule has 1 aromatic heterocycles. The van der Waals surface area contributed by atoms with Crippen LogP contribution in [0.4, 0.5) is 0 Å². The van der Waals surface area contributed by atoms with Gasteiger partial charge in [0, 0.05) is 14.5 Å². The Bertz CT molecular complexity index is 1250. The lowest BCUT2D eigenvalue weighted by Crippen LogP contribution is -2.13. The van der Waals surface area contributed by atoms with E-state index in [0.717, 1.165) is 14.5 Å². The van der Waals surface area contributed by atoms with E-state index in [1.165, 1.54) is 4.68 Å². The van der Waals surface area contributed by atoms with Gasteiger partial charge in [0.2, 0.25) is 0 Å². The number of Topliss-reactive ketones (excluding diaryl/α,β-unsaturated/α-hetero) is 1. The smallest absolute Gasteiger partial charge is 0.184 e. The summed E-state index contributed by atoms with van der Waals surface area (Å²) in [4.78, 5) is 17.4. The Morgan fingerprint density at radius 1 is 0.903 bits per heavy atom. The summed E-state index contributed by atoms with van der Waals surface area (Å²) >= 11 is 6.80. The fourth-order valence-corrected chi connectivity index (χ4v) is 3.54. The molecule has 7 heteroatoms. The highest BCUT2D eigenvalue weighted by molar-refractivity contribution is 9.10. The van der Waals surface area contributed by atoms with Crippen LogP contribution in [-0.4, -0.2) is 25.7 Å². The van der Waals surface area contributed by atoms with Crippen molar-refractivity contribution in [2.75, 3.05) is 0 Å². The van der Waals surface area contributed by atoms with Gasteiger partial charge in [-0.05, 0) is 48.0 Å². The Labute approximate surface area is 196 Å². The maximum Gasteiger partial charge on any atom is 0.184 e. The van der Waals surface area contributed by atoms with Crippen LogP contribution in [-0.2, 0) is 6.54 Å². The molecular formula is C24H17Br2N3O2. The minimum atomic E-state index is -0.0995. The quantitative estimate of drug-likeness (QED) is 0.295. The number of carbonyl (C=O) groups excluding carboxylic acids is 1. The molecule has 0 atom stereocenters. The summed E-state index contributed by atoms with van der Waals surface area (Å²) in [5, 5.41) is 14.8. The molecule has 4 aromatic rings. The van der Waals surface area contributed by atoms with Crippen molar-refractivity contribution in [1.82, 2.24) is 14.8 Å². The zero-order valence-corrected chi connectivity index (χ0v) is 19.4. The van der Waals surface area contributed by atoms with Gasteiger partial charge in [0.25, 0.3) is 0 Å². The average molecular weight is 539 g/mol. The Morgan fingerprint density at radius 2 is 1.55 bits per heavy atom. The summed E-state index contributed by atoms with van der Waals surface area (Å²) in [5.41, 5.74) is 2.09. The van der Waals surface area contributed by atoms with Crippen LogP contribution in [0.5, 0.6) is 5.75 Å². The van der Waals surface area contributed by atoms with E-state index >= 15 is 0 Å². The van der Waals surface area contributed by atoms with E-state index in [9.17, 15) is 9.90 Å². The van der Waals surface area contributed by atoms with Gasteiger partial charge < -0.3 is 5.11 Å². The first-order valence-corrected chi connectivity index (χ1v) is 11.0. The molecule has 4 rings (SSSR count). The number of rotatable bonds is 6. The number of carbonyl (C=O) groups is 1. The number of aromatic nitrogens is 3. The van der Waals surface area contributed by atoms with Gasteiger partial charge in [0.15, 0.2) is 17.4 Å². The third-order valence-electron chi connectivity index (χ3n) is 4.59. The van der Waals surface area contributed by atoms with Gasteiger partial charge in [-0.15, -0.1) is 0 Å². The number of benzene rings is 3. The monoisotopic (exact) mass is 537 g/mol. The lowest BCUT2D eigenvalue weighted by Gasteiger charge is -2.07. The van der Waals surface area contributed by atoms with Crippen molar-refractivity contribution in [2.45, 2.75) is 6.54 Å². The van der Waals surface area contributed by atoms with Gasteiger partial charge in [-0.2, -0.15) is 5.10 Å². The van der Waals surface area contributed by atoms with Gasteiger partial charge in [-0.3, -0.25) is 4.79 Å². The predicted octanol–water partition coefficient (Wildman–Crippen LogP) is 6.23. The van der Waals surface area contributed by atoms with Gasteiger partial charge in [0.05, 0.1) is 5.56 Å². The molecule has 0 radical (unpaired) electrons. The van der Waals surface area contributed by atoms with Gasteiger partial charge >= 0.3 is 0 Å². The van der Waals surface area contributed by atoms with Crippen LogP contribution in [0.1, 0.15) is 21.7 Å². The number of phenols is 1. The summed E-state index contributed by atoms with van der Waals surface area (Å²) in [6.07, 6.45) is 3.69. The topological polar surface area (TPSA) is 68.0 Å². The van der Waals surface area contributed by atoms with E-state index in [1.807, 2.05) is 48.5 Å². The molecule has 0 fully saturated rings. The molecule has 0 unspecified atom stereocenters. The third kappa shape index (κ3) is 5.18. The summed E-state index contributed by atoms with van der Waals surface area (Å²) in [6, 6.07) is 21.9. The maximum absolute atomic E-state index is 12.8. The van der Waals surface area contributed by atoms with Crippen molar-refractivity contribution >= 4 is 49.8 Å². The first-order valence-electron chi connectivity index (χ1n) is 9.45. The lowest BCUT2D eigenvalue weighted by molar-refractivity contribution is 0.0968. The number of halogens is 2. The Morgan fingerprint density at radius 3 is 2.23 bits per heavy atom. The summed E-state index contributed by atoms with van der Waals surface area (Å²) < 4.78 is 3.43. The Balaban J connectivity index is 1.68. The lowest BCUT2D eigenvalue weighted by atomic mass is 10.1. The molecule has 0 saturated carbocycles. The minimum absolute atomic E-state index is 0.00439. The van der Waals surface area contributed by atoms with Crippen LogP contribution in [0, 0.1) is 0 Å². The summed E-state index contributed by atoms with van der Waals surface area (Å²) in [7, 11) is 0. The van der Waals surface area contributed by atoms with Crippen LogP contribution in [0.3, 0.4) is 0 Å². The molecule has 3 aromatic carbocycles. The van der Waals surface area contributed by atoms with E-state index in [1.54, 1.807) is 36.4 Å². The SMILES string of the molecule is O=C(Cn1nc(/C=C/c2ccc(Br)cc2)nc1-c1ccccc1O)c1ccc(Br)cc1. The Kier molecular flexibility index (Phi) is 6.44. The molecule has 1 N–H and O–H groups in total. The molecule has 154 valence electrons. The van der Waals surface area contributed by atoms with Crippen LogP contribution in [0.15, 0.2) is 81.7 Å². The molecule has 0 amide bonds. The van der Waals surface area contributed by atoms with Crippen LogP contribution >= 0.6 is 31.9 Å². The number of phenolic OH excluding ortho intramolecular Hbond substituents is 1. The van der Waals surface area contributed by atoms with Crippen molar-refractivity contribution in [1.29, 1.82) is 0 Å². The van der Waals surface area contributed by atoms with Crippen LogP contribution < -0.4 is 0 Å². The predicted molar refractivity (Wildman–Crippen MR) is 129 cm³/mol. The first kappa shape index (κ1) is 21.2. The highest BCUT2D eigenvalue weighted by Gasteiger charge is 2.17. The molecule has 0 aliphatic carbocycles. The molecule has 0 aliphatic heterocycles. The molecule has 5 nitrogen and oxygen atoms in total. The van der Waals surface area contributed by atoms with Crippen molar-refractivity contribution in [2.24, 2.45) is 0 Å². The number of hydrogen-bond acceptors (Lipinski definition) is 4. The van der Waals surface area contributed by atoms with Crippen LogP contribution in [0.2, 0.25) is 0 Å². The number of hydrogen-bond donors (Lipinski definition) is 1. The van der Waals surface area contributed by atoms with E-state index in [4.69, 9.17) is 0 Å². The molecule has 0 bridgehead atoms. The maximum atomic E-state index is 12.8. The second kappa shape index (κ2) is 9.41. The van der Waals surface area contributed by atoms with Crippen molar-refractivity contribution in [3.63, 3.8) is 0 Å². The number of aromatic hydroxyl groups is 1. The molecule has 31 heavy (non-hydrogen) atoms. The first-order chi connectivity index (χ1) is 15.0. The van der Waals surface area contributed by atoms with Crippen molar-refractivity contribution < 1.29 is 9.90 Å². The zero-order valence-electron chi connectivity index (χ0n) is 16.2.